The first-order chi connectivity index (χ1) is 11.9. The zero-order valence-corrected chi connectivity index (χ0v) is 15.3. The van der Waals surface area contributed by atoms with Gasteiger partial charge in [-0.25, -0.2) is 8.42 Å². The smallest absolute Gasteiger partial charge is 0.253 e. The molecular formula is C17H25N3O4S. The Morgan fingerprint density at radius 1 is 1.24 bits per heavy atom. The van der Waals surface area contributed by atoms with Crippen molar-refractivity contribution < 1.29 is 18.3 Å². The Labute approximate surface area is 148 Å². The van der Waals surface area contributed by atoms with Crippen molar-refractivity contribution in [2.45, 2.75) is 23.8 Å². The van der Waals surface area contributed by atoms with Crippen molar-refractivity contribution in [3.8, 4) is 0 Å². The summed E-state index contributed by atoms with van der Waals surface area (Å²) >= 11 is 0. The highest BCUT2D eigenvalue weighted by atomic mass is 32.2. The fraction of sp³-hybridized carbons (Fsp3) is 0.588. The van der Waals surface area contributed by atoms with Crippen LogP contribution in [-0.2, 0) is 10.0 Å². The average Bonchev–Trinajstić information content (AvgIpc) is 3.09. The number of rotatable bonds is 5. The molecule has 2 heterocycles. The summed E-state index contributed by atoms with van der Waals surface area (Å²) in [7, 11) is -1.93. The Morgan fingerprint density at radius 2 is 1.96 bits per heavy atom. The van der Waals surface area contributed by atoms with Gasteiger partial charge in [-0.2, -0.15) is 4.31 Å². The van der Waals surface area contributed by atoms with Crippen LogP contribution >= 0.6 is 0 Å². The number of amides is 1. The third-order valence-electron chi connectivity index (χ3n) is 5.07. The maximum absolute atomic E-state index is 12.9. The molecule has 2 aliphatic rings. The molecule has 0 aliphatic carbocycles. The minimum atomic E-state index is -3.53. The minimum Gasteiger partial charge on any atom is -0.395 e. The highest BCUT2D eigenvalue weighted by molar-refractivity contribution is 7.89. The fourth-order valence-electron chi connectivity index (χ4n) is 3.57. The summed E-state index contributed by atoms with van der Waals surface area (Å²) < 4.78 is 27.3. The summed E-state index contributed by atoms with van der Waals surface area (Å²) in [4.78, 5) is 16.2. The van der Waals surface area contributed by atoms with Crippen LogP contribution < -0.4 is 0 Å². The molecule has 0 aromatic heterocycles. The van der Waals surface area contributed by atoms with Crippen molar-refractivity contribution >= 4 is 15.9 Å². The van der Waals surface area contributed by atoms with E-state index in [4.69, 9.17) is 5.11 Å². The first-order valence-corrected chi connectivity index (χ1v) is 10.1. The third-order valence-corrected chi connectivity index (χ3v) is 6.95. The van der Waals surface area contributed by atoms with Crippen molar-refractivity contribution in [1.29, 1.82) is 0 Å². The van der Waals surface area contributed by atoms with Crippen molar-refractivity contribution in [2.75, 3.05) is 46.4 Å². The lowest BCUT2D eigenvalue weighted by Gasteiger charge is -2.36. The van der Waals surface area contributed by atoms with E-state index >= 15 is 0 Å². The first kappa shape index (κ1) is 18.3. The maximum atomic E-state index is 12.9. The summed E-state index contributed by atoms with van der Waals surface area (Å²) in [5.74, 6) is -0.238. The molecule has 7 nitrogen and oxygen atoms in total. The number of benzene rings is 1. The number of hydrogen-bond acceptors (Lipinski definition) is 5. The van der Waals surface area contributed by atoms with E-state index in [1.54, 1.807) is 11.4 Å². The highest BCUT2D eigenvalue weighted by Crippen LogP contribution is 2.26. The summed E-state index contributed by atoms with van der Waals surface area (Å²) in [6.45, 7) is 3.04. The Balaban J connectivity index is 1.73. The van der Waals surface area contributed by atoms with E-state index < -0.39 is 10.0 Å². The number of aliphatic hydroxyl groups excluding tert-OH is 1. The van der Waals surface area contributed by atoms with Crippen molar-refractivity contribution in [3.05, 3.63) is 29.8 Å². The molecule has 2 aliphatic heterocycles. The Bertz CT molecular complexity index is 720. The molecule has 0 bridgehead atoms. The quantitative estimate of drug-likeness (QED) is 0.805. The monoisotopic (exact) mass is 367 g/mol. The fourth-order valence-corrected chi connectivity index (χ4v) is 5.04. The molecular weight excluding hydrogens is 342 g/mol. The maximum Gasteiger partial charge on any atom is 0.253 e. The molecule has 1 atom stereocenters. The summed E-state index contributed by atoms with van der Waals surface area (Å²) in [6.07, 6.45) is 2.19. The number of fused-ring (bicyclic) bond motifs is 1. The van der Waals surface area contributed by atoms with Crippen molar-refractivity contribution in [1.82, 2.24) is 14.1 Å². The van der Waals surface area contributed by atoms with Crippen LogP contribution in [0.4, 0.5) is 0 Å². The molecule has 1 N–H and O–H groups in total. The van der Waals surface area contributed by atoms with Gasteiger partial charge in [0.05, 0.1) is 11.5 Å². The van der Waals surface area contributed by atoms with E-state index in [0.29, 0.717) is 24.7 Å². The van der Waals surface area contributed by atoms with Crippen molar-refractivity contribution in [3.63, 3.8) is 0 Å². The Morgan fingerprint density at radius 3 is 2.64 bits per heavy atom. The van der Waals surface area contributed by atoms with Gasteiger partial charge in [-0.1, -0.05) is 0 Å². The van der Waals surface area contributed by atoms with E-state index in [9.17, 15) is 13.2 Å². The zero-order chi connectivity index (χ0) is 18.0. The van der Waals surface area contributed by atoms with E-state index in [2.05, 4.69) is 4.90 Å². The number of hydrogen-bond donors (Lipinski definition) is 1. The van der Waals surface area contributed by atoms with Gasteiger partial charge in [0, 0.05) is 44.8 Å². The lowest BCUT2D eigenvalue weighted by molar-refractivity contribution is 0.0767. The number of carbonyl (C=O) groups is 1. The van der Waals surface area contributed by atoms with Crippen LogP contribution in [0, 0.1) is 0 Å². The second-order valence-corrected chi connectivity index (χ2v) is 8.61. The van der Waals surface area contributed by atoms with E-state index in [1.165, 1.54) is 29.2 Å². The molecule has 1 aromatic rings. The molecule has 25 heavy (non-hydrogen) atoms. The van der Waals surface area contributed by atoms with E-state index in [-0.39, 0.29) is 24.0 Å². The van der Waals surface area contributed by atoms with Gasteiger partial charge in [0.1, 0.15) is 0 Å². The normalized spacial score (nSPS) is 21.9. The van der Waals surface area contributed by atoms with Crippen LogP contribution in [-0.4, -0.2) is 86.0 Å². The van der Waals surface area contributed by atoms with E-state index in [0.717, 1.165) is 25.9 Å². The number of likely N-dealkylation sites (N-methyl/N-ethyl adjacent to an activating group) is 1. The number of sulfonamides is 1. The second kappa shape index (κ2) is 7.41. The van der Waals surface area contributed by atoms with Gasteiger partial charge in [-0.15, -0.1) is 0 Å². The van der Waals surface area contributed by atoms with Crippen LogP contribution in [0.5, 0.6) is 0 Å². The van der Waals surface area contributed by atoms with Crippen LogP contribution in [0.1, 0.15) is 23.2 Å². The Kier molecular flexibility index (Phi) is 5.43. The van der Waals surface area contributed by atoms with E-state index in [1.807, 2.05) is 0 Å². The summed E-state index contributed by atoms with van der Waals surface area (Å²) in [5, 5.41) is 8.91. The number of piperazine rings is 1. The standard InChI is InChI=1S/C17H25N3O4S/c1-18(11-12-21)17(22)14-4-6-16(7-5-14)25(23,24)20-10-9-19-8-2-3-15(19)13-20/h4-7,15,21H,2-3,8-13H2,1H3/t15-/m0/s1. The topological polar surface area (TPSA) is 81.2 Å². The van der Waals surface area contributed by atoms with Gasteiger partial charge in [0.25, 0.3) is 5.91 Å². The second-order valence-electron chi connectivity index (χ2n) is 6.67. The first-order valence-electron chi connectivity index (χ1n) is 8.64. The Hall–Kier alpha value is -1.48. The number of nitrogens with zero attached hydrogens (tertiary/aromatic N) is 3. The molecule has 8 heteroatoms. The van der Waals surface area contributed by atoms with Crippen molar-refractivity contribution in [2.24, 2.45) is 0 Å². The lowest BCUT2D eigenvalue weighted by Crippen LogP contribution is -2.51. The molecule has 3 rings (SSSR count). The molecule has 1 amide bonds. The predicted octanol–water partition coefficient (Wildman–Crippen LogP) is 0.220. The molecule has 138 valence electrons. The molecule has 1 aromatic carbocycles. The summed E-state index contributed by atoms with van der Waals surface area (Å²) in [6, 6.07) is 6.40. The third kappa shape index (κ3) is 3.72. The van der Waals surface area contributed by atoms with Gasteiger partial charge in [0.15, 0.2) is 0 Å². The van der Waals surface area contributed by atoms with Gasteiger partial charge >= 0.3 is 0 Å². The highest BCUT2D eigenvalue weighted by Gasteiger charge is 2.36. The van der Waals surface area contributed by atoms with Gasteiger partial charge in [-0.05, 0) is 43.7 Å². The molecule has 0 radical (unpaired) electrons. The van der Waals surface area contributed by atoms with Crippen LogP contribution in [0.15, 0.2) is 29.2 Å². The number of aliphatic hydroxyl groups is 1. The summed E-state index contributed by atoms with van der Waals surface area (Å²) in [5.41, 5.74) is 0.413. The lowest BCUT2D eigenvalue weighted by atomic mass is 10.2. The van der Waals surface area contributed by atoms with Gasteiger partial charge in [0.2, 0.25) is 10.0 Å². The number of carbonyl (C=O) groups excluding carboxylic acids is 1. The van der Waals surface area contributed by atoms with Gasteiger partial charge < -0.3 is 10.0 Å². The zero-order valence-electron chi connectivity index (χ0n) is 14.5. The average molecular weight is 367 g/mol. The van der Waals surface area contributed by atoms with Gasteiger partial charge in [-0.3, -0.25) is 9.69 Å². The molecule has 0 spiro atoms. The van der Waals surface area contributed by atoms with Crippen LogP contribution in [0.3, 0.4) is 0 Å². The molecule has 2 saturated heterocycles. The molecule has 0 unspecified atom stereocenters. The van der Waals surface area contributed by atoms with Crippen LogP contribution in [0.25, 0.3) is 0 Å². The minimum absolute atomic E-state index is 0.109. The SMILES string of the molecule is CN(CCO)C(=O)c1ccc(S(=O)(=O)N2CCN3CCC[C@H]3C2)cc1. The predicted molar refractivity (Wildman–Crippen MR) is 93.8 cm³/mol. The largest absolute Gasteiger partial charge is 0.395 e. The van der Waals surface area contributed by atoms with Crippen LogP contribution in [0.2, 0.25) is 0 Å². The molecule has 2 fully saturated rings. The molecule has 0 saturated carbocycles.